The second-order valence-corrected chi connectivity index (χ2v) is 4.78. The molecule has 0 amide bonds. The predicted molar refractivity (Wildman–Crippen MR) is 79.4 cm³/mol. The maximum atomic E-state index is 12.9. The minimum atomic E-state index is -0.184. The predicted octanol–water partition coefficient (Wildman–Crippen LogP) is 3.31. The van der Waals surface area contributed by atoms with Crippen LogP contribution < -0.4 is 5.32 Å². The van der Waals surface area contributed by atoms with Gasteiger partial charge >= 0.3 is 0 Å². The van der Waals surface area contributed by atoms with Crippen LogP contribution in [0.4, 0.5) is 4.39 Å². The zero-order valence-electron chi connectivity index (χ0n) is 12.5. The summed E-state index contributed by atoms with van der Waals surface area (Å²) in [5.74, 6) is -0.184. The van der Waals surface area contributed by atoms with E-state index in [2.05, 4.69) is 12.2 Å². The second-order valence-electron chi connectivity index (χ2n) is 4.78. The largest absolute Gasteiger partial charge is 0.382 e. The summed E-state index contributed by atoms with van der Waals surface area (Å²) in [6, 6.07) is 7.03. The van der Waals surface area contributed by atoms with Crippen LogP contribution in [-0.2, 0) is 9.47 Å². The Kier molecular flexibility index (Phi) is 9.20. The van der Waals surface area contributed by atoms with E-state index in [1.807, 2.05) is 12.1 Å². The summed E-state index contributed by atoms with van der Waals surface area (Å²) in [6.07, 6.45) is 3.11. The van der Waals surface area contributed by atoms with Crippen LogP contribution in [0.25, 0.3) is 0 Å². The lowest BCUT2D eigenvalue weighted by molar-refractivity contribution is 0.0687. The molecule has 0 radical (unpaired) electrons. The highest BCUT2D eigenvalue weighted by Gasteiger charge is 2.07. The lowest BCUT2D eigenvalue weighted by atomic mass is 10.0. The van der Waals surface area contributed by atoms with Gasteiger partial charge in [0.25, 0.3) is 0 Å². The van der Waals surface area contributed by atoms with Crippen molar-refractivity contribution < 1.29 is 13.9 Å². The summed E-state index contributed by atoms with van der Waals surface area (Å²) in [5, 5.41) is 3.50. The van der Waals surface area contributed by atoms with Gasteiger partial charge in [0.15, 0.2) is 0 Å². The Bertz CT molecular complexity index is 343. The molecule has 0 spiro atoms. The molecule has 1 aromatic carbocycles. The maximum Gasteiger partial charge on any atom is 0.123 e. The summed E-state index contributed by atoms with van der Waals surface area (Å²) in [5.41, 5.74) is 1.14. The van der Waals surface area contributed by atoms with Crippen molar-refractivity contribution >= 4 is 0 Å². The van der Waals surface area contributed by atoms with Crippen LogP contribution in [0.2, 0.25) is 0 Å². The first kappa shape index (κ1) is 17.1. The number of rotatable bonds is 11. The van der Waals surface area contributed by atoms with Crippen molar-refractivity contribution in [3.63, 3.8) is 0 Å². The molecule has 1 atom stereocenters. The van der Waals surface area contributed by atoms with Crippen LogP contribution >= 0.6 is 0 Å². The third-order valence-corrected chi connectivity index (χ3v) is 3.22. The number of nitrogens with one attached hydrogen (secondary N) is 1. The first-order chi connectivity index (χ1) is 9.77. The van der Waals surface area contributed by atoms with Gasteiger partial charge in [-0.2, -0.15) is 0 Å². The summed E-state index contributed by atoms with van der Waals surface area (Å²) < 4.78 is 23.2. The van der Waals surface area contributed by atoms with Gasteiger partial charge in [-0.3, -0.25) is 0 Å². The fourth-order valence-electron chi connectivity index (χ4n) is 2.04. The molecule has 0 bridgehead atoms. The van der Waals surface area contributed by atoms with E-state index in [1.165, 1.54) is 12.1 Å². The van der Waals surface area contributed by atoms with E-state index in [1.54, 1.807) is 7.11 Å². The Hall–Kier alpha value is -0.970. The number of hydrogen-bond acceptors (Lipinski definition) is 3. The summed E-state index contributed by atoms with van der Waals surface area (Å²) in [6.45, 7) is 5.18. The quantitative estimate of drug-likeness (QED) is 0.632. The lowest BCUT2D eigenvalue weighted by Gasteiger charge is -2.17. The van der Waals surface area contributed by atoms with Gasteiger partial charge in [-0.25, -0.2) is 4.39 Å². The molecule has 114 valence electrons. The molecule has 0 aliphatic rings. The number of methoxy groups -OCH3 is 1. The molecule has 1 rings (SSSR count). The number of unbranched alkanes of at least 4 members (excludes halogenated alkanes) is 1. The van der Waals surface area contributed by atoms with Gasteiger partial charge in [0, 0.05) is 19.8 Å². The van der Waals surface area contributed by atoms with Gasteiger partial charge in [0.1, 0.15) is 5.82 Å². The molecule has 0 saturated carbocycles. The van der Waals surface area contributed by atoms with Crippen molar-refractivity contribution in [1.82, 2.24) is 5.32 Å². The summed E-state index contributed by atoms with van der Waals surface area (Å²) in [7, 11) is 1.67. The molecule has 4 heteroatoms. The van der Waals surface area contributed by atoms with Gasteiger partial charge in [-0.15, -0.1) is 0 Å². The number of benzene rings is 1. The number of ether oxygens (including phenoxy) is 2. The van der Waals surface area contributed by atoms with Crippen molar-refractivity contribution in [3.05, 3.63) is 35.6 Å². The molecule has 3 nitrogen and oxygen atoms in total. The Morgan fingerprint density at radius 1 is 1.10 bits per heavy atom. The molecule has 0 heterocycles. The Labute approximate surface area is 121 Å². The average molecular weight is 283 g/mol. The molecule has 1 aromatic rings. The molecule has 0 aliphatic heterocycles. The summed E-state index contributed by atoms with van der Waals surface area (Å²) >= 11 is 0. The average Bonchev–Trinajstić information content (AvgIpc) is 2.47. The molecule has 0 fully saturated rings. The van der Waals surface area contributed by atoms with Crippen LogP contribution in [0.1, 0.15) is 37.8 Å². The van der Waals surface area contributed by atoms with Crippen LogP contribution in [0, 0.1) is 5.82 Å². The normalized spacial score (nSPS) is 12.6. The molecular weight excluding hydrogens is 257 g/mol. The van der Waals surface area contributed by atoms with E-state index < -0.39 is 0 Å². The van der Waals surface area contributed by atoms with E-state index >= 15 is 0 Å². The van der Waals surface area contributed by atoms with Crippen molar-refractivity contribution in [2.75, 3.05) is 33.5 Å². The van der Waals surface area contributed by atoms with Crippen LogP contribution in [-0.4, -0.2) is 33.5 Å². The molecular formula is C16H26FNO2. The maximum absolute atomic E-state index is 12.9. The van der Waals surface area contributed by atoms with Gasteiger partial charge in [-0.05, 0) is 43.5 Å². The first-order valence-corrected chi connectivity index (χ1v) is 7.33. The third kappa shape index (κ3) is 6.98. The smallest absolute Gasteiger partial charge is 0.123 e. The Balaban J connectivity index is 2.14. The second kappa shape index (κ2) is 10.8. The Morgan fingerprint density at radius 2 is 1.85 bits per heavy atom. The number of hydrogen-bond donors (Lipinski definition) is 1. The molecule has 0 saturated heterocycles. The van der Waals surface area contributed by atoms with E-state index in [9.17, 15) is 4.39 Å². The van der Waals surface area contributed by atoms with Gasteiger partial charge in [0.2, 0.25) is 0 Å². The monoisotopic (exact) mass is 283 g/mol. The van der Waals surface area contributed by atoms with E-state index in [4.69, 9.17) is 9.47 Å². The van der Waals surface area contributed by atoms with E-state index in [-0.39, 0.29) is 5.82 Å². The first-order valence-electron chi connectivity index (χ1n) is 7.33. The zero-order valence-corrected chi connectivity index (χ0v) is 12.5. The highest BCUT2D eigenvalue weighted by molar-refractivity contribution is 5.19. The highest BCUT2D eigenvalue weighted by Crippen LogP contribution is 2.16. The van der Waals surface area contributed by atoms with Gasteiger partial charge < -0.3 is 14.8 Å². The highest BCUT2D eigenvalue weighted by atomic mass is 19.1. The molecule has 1 unspecified atom stereocenters. The lowest BCUT2D eigenvalue weighted by Crippen LogP contribution is -2.22. The number of halogens is 1. The zero-order chi connectivity index (χ0) is 14.6. The van der Waals surface area contributed by atoms with E-state index in [0.29, 0.717) is 19.3 Å². The minimum Gasteiger partial charge on any atom is -0.382 e. The van der Waals surface area contributed by atoms with Crippen LogP contribution in [0.3, 0.4) is 0 Å². The third-order valence-electron chi connectivity index (χ3n) is 3.22. The Morgan fingerprint density at radius 3 is 2.50 bits per heavy atom. The minimum absolute atomic E-state index is 0.184. The van der Waals surface area contributed by atoms with Gasteiger partial charge in [0.05, 0.1) is 13.2 Å². The fraction of sp³-hybridized carbons (Fsp3) is 0.625. The summed E-state index contributed by atoms with van der Waals surface area (Å²) in [4.78, 5) is 0. The van der Waals surface area contributed by atoms with Crippen molar-refractivity contribution in [1.29, 1.82) is 0 Å². The van der Waals surface area contributed by atoms with E-state index in [0.717, 1.165) is 38.0 Å². The van der Waals surface area contributed by atoms with Crippen molar-refractivity contribution in [3.8, 4) is 0 Å². The SMILES string of the molecule is CCC(NCCCCOCCOC)c1ccc(F)cc1. The molecule has 1 N–H and O–H groups in total. The molecule has 0 aliphatic carbocycles. The molecule has 0 aromatic heterocycles. The standard InChI is InChI=1S/C16H26FNO2/c1-3-16(14-6-8-15(17)9-7-14)18-10-4-5-11-20-13-12-19-2/h6-9,16,18H,3-5,10-13H2,1-2H3. The van der Waals surface area contributed by atoms with Crippen LogP contribution in [0.15, 0.2) is 24.3 Å². The van der Waals surface area contributed by atoms with Crippen molar-refractivity contribution in [2.45, 2.75) is 32.2 Å². The van der Waals surface area contributed by atoms with Crippen LogP contribution in [0.5, 0.6) is 0 Å². The molecule has 20 heavy (non-hydrogen) atoms. The van der Waals surface area contributed by atoms with Gasteiger partial charge in [-0.1, -0.05) is 19.1 Å². The topological polar surface area (TPSA) is 30.5 Å². The van der Waals surface area contributed by atoms with Crippen molar-refractivity contribution in [2.24, 2.45) is 0 Å². The fourth-order valence-corrected chi connectivity index (χ4v) is 2.04.